The molecule has 6 heteroatoms. The molecule has 0 aromatic heterocycles. The van der Waals surface area contributed by atoms with Gasteiger partial charge in [0.25, 0.3) is 0 Å². The van der Waals surface area contributed by atoms with Crippen LogP contribution in [0, 0.1) is 0 Å². The van der Waals surface area contributed by atoms with E-state index in [1.54, 1.807) is 14.2 Å². The van der Waals surface area contributed by atoms with Gasteiger partial charge >= 0.3 is 14.8 Å². The first-order valence-corrected chi connectivity index (χ1v) is 8.66. The highest BCUT2D eigenvalue weighted by Gasteiger charge is 2.40. The summed E-state index contributed by atoms with van der Waals surface area (Å²) in [5.74, 6) is -0.488. The zero-order chi connectivity index (χ0) is 15.7. The van der Waals surface area contributed by atoms with Crippen LogP contribution >= 0.6 is 0 Å². The van der Waals surface area contributed by atoms with Crippen LogP contribution in [0.4, 0.5) is 0 Å². The Morgan fingerprint density at radius 3 is 2.38 bits per heavy atom. The molecule has 0 spiro atoms. The van der Waals surface area contributed by atoms with E-state index >= 15 is 0 Å². The average Bonchev–Trinajstić information content (AvgIpc) is 2.56. The summed E-state index contributed by atoms with van der Waals surface area (Å²) in [5.41, 5.74) is 0.897. The minimum atomic E-state index is -2.76. The molecule has 5 nitrogen and oxygen atoms in total. The molecule has 1 aromatic rings. The first kappa shape index (κ1) is 17.6. The molecule has 0 aliphatic rings. The average molecular weight is 310 g/mol. The third-order valence-electron chi connectivity index (χ3n) is 3.09. The van der Waals surface area contributed by atoms with Crippen LogP contribution in [0.3, 0.4) is 0 Å². The van der Waals surface area contributed by atoms with Crippen LogP contribution < -0.4 is 0 Å². The monoisotopic (exact) mass is 310 g/mol. The van der Waals surface area contributed by atoms with Crippen LogP contribution in [-0.2, 0) is 22.8 Å². The second-order valence-electron chi connectivity index (χ2n) is 4.30. The molecule has 0 amide bonds. The standard InChI is InChI=1S/C15H22O5Si/c1-5-15(16)19-12-14(13-10-8-7-9-11-13)20-21(6-2,17-3)18-4/h5,7-11,14H,1,6,12H2,2-4H3. The van der Waals surface area contributed by atoms with Gasteiger partial charge in [0, 0.05) is 26.3 Å². The second-order valence-corrected chi connectivity index (χ2v) is 7.42. The molecule has 0 aliphatic carbocycles. The summed E-state index contributed by atoms with van der Waals surface area (Å²) in [4.78, 5) is 11.3. The number of benzene rings is 1. The van der Waals surface area contributed by atoms with E-state index in [1.807, 2.05) is 37.3 Å². The summed E-state index contributed by atoms with van der Waals surface area (Å²) in [6, 6.07) is 10.1. The lowest BCUT2D eigenvalue weighted by atomic mass is 10.1. The first-order valence-electron chi connectivity index (χ1n) is 6.73. The van der Waals surface area contributed by atoms with Crippen molar-refractivity contribution < 1.29 is 22.8 Å². The van der Waals surface area contributed by atoms with E-state index in [0.717, 1.165) is 11.6 Å². The van der Waals surface area contributed by atoms with Crippen LogP contribution in [0.1, 0.15) is 18.6 Å². The highest BCUT2D eigenvalue weighted by Crippen LogP contribution is 2.25. The number of hydrogen-bond acceptors (Lipinski definition) is 5. The molecule has 1 rings (SSSR count). The molecular weight excluding hydrogens is 288 g/mol. The highest BCUT2D eigenvalue weighted by atomic mass is 28.4. The highest BCUT2D eigenvalue weighted by molar-refractivity contribution is 6.60. The zero-order valence-corrected chi connectivity index (χ0v) is 13.7. The lowest BCUT2D eigenvalue weighted by molar-refractivity contribution is -0.141. The molecular formula is C15H22O5Si. The summed E-state index contributed by atoms with van der Waals surface area (Å²) < 4.78 is 22.1. The largest absolute Gasteiger partial charge is 0.500 e. The predicted octanol–water partition coefficient (Wildman–Crippen LogP) is 2.73. The number of carbonyl (C=O) groups is 1. The molecule has 0 fully saturated rings. The Labute approximate surface area is 126 Å². The Morgan fingerprint density at radius 1 is 1.29 bits per heavy atom. The van der Waals surface area contributed by atoms with Gasteiger partial charge in [-0.3, -0.25) is 0 Å². The molecule has 116 valence electrons. The molecule has 1 unspecified atom stereocenters. The minimum absolute atomic E-state index is 0.0797. The molecule has 0 heterocycles. The Bertz CT molecular complexity index is 436. The van der Waals surface area contributed by atoms with Crippen LogP contribution in [0.25, 0.3) is 0 Å². The van der Waals surface area contributed by atoms with Gasteiger partial charge in [0.05, 0.1) is 0 Å². The van der Waals surface area contributed by atoms with Crippen LogP contribution in [0.5, 0.6) is 0 Å². The Kier molecular flexibility index (Phi) is 7.31. The molecule has 0 saturated carbocycles. The second kappa shape index (κ2) is 8.73. The molecule has 1 atom stereocenters. The Morgan fingerprint density at radius 2 is 1.90 bits per heavy atom. The van der Waals surface area contributed by atoms with Crippen molar-refractivity contribution in [3.63, 3.8) is 0 Å². The number of rotatable bonds is 9. The molecule has 21 heavy (non-hydrogen) atoms. The van der Waals surface area contributed by atoms with Crippen molar-refractivity contribution >= 4 is 14.8 Å². The normalized spacial score (nSPS) is 12.7. The van der Waals surface area contributed by atoms with Crippen LogP contribution in [-0.4, -0.2) is 35.6 Å². The van der Waals surface area contributed by atoms with Crippen molar-refractivity contribution in [2.24, 2.45) is 0 Å². The van der Waals surface area contributed by atoms with Gasteiger partial charge in [-0.1, -0.05) is 43.8 Å². The summed E-state index contributed by atoms with van der Waals surface area (Å²) >= 11 is 0. The van der Waals surface area contributed by atoms with E-state index in [0.29, 0.717) is 6.04 Å². The van der Waals surface area contributed by atoms with Crippen molar-refractivity contribution in [1.29, 1.82) is 0 Å². The topological polar surface area (TPSA) is 54.0 Å². The predicted molar refractivity (Wildman–Crippen MR) is 81.7 cm³/mol. The molecule has 0 N–H and O–H groups in total. The molecule has 0 saturated heterocycles. The van der Waals surface area contributed by atoms with Gasteiger partial charge in [-0.05, 0) is 5.56 Å². The van der Waals surface area contributed by atoms with E-state index in [2.05, 4.69) is 6.58 Å². The van der Waals surface area contributed by atoms with Crippen molar-refractivity contribution in [2.75, 3.05) is 20.8 Å². The number of ether oxygens (including phenoxy) is 1. The fourth-order valence-corrected chi connectivity index (χ4v) is 3.59. The van der Waals surface area contributed by atoms with Gasteiger partial charge in [-0.25, -0.2) is 4.79 Å². The summed E-state index contributed by atoms with van der Waals surface area (Å²) in [5, 5.41) is 0. The minimum Gasteiger partial charge on any atom is -0.459 e. The maximum absolute atomic E-state index is 11.3. The molecule has 0 aliphatic heterocycles. The summed E-state index contributed by atoms with van der Waals surface area (Å²) in [6.45, 7) is 5.40. The van der Waals surface area contributed by atoms with E-state index in [-0.39, 0.29) is 6.61 Å². The van der Waals surface area contributed by atoms with Crippen molar-refractivity contribution in [3.05, 3.63) is 48.6 Å². The maximum Gasteiger partial charge on any atom is 0.500 e. The van der Waals surface area contributed by atoms with Gasteiger partial charge in [-0.15, -0.1) is 0 Å². The molecule has 1 aromatic carbocycles. The van der Waals surface area contributed by atoms with Crippen molar-refractivity contribution in [1.82, 2.24) is 0 Å². The maximum atomic E-state index is 11.3. The van der Waals surface area contributed by atoms with Crippen LogP contribution in [0.15, 0.2) is 43.0 Å². The van der Waals surface area contributed by atoms with E-state index in [9.17, 15) is 4.79 Å². The quantitative estimate of drug-likeness (QED) is 0.399. The Hall–Kier alpha value is -1.47. The van der Waals surface area contributed by atoms with Gasteiger partial charge < -0.3 is 18.0 Å². The Balaban J connectivity index is 2.91. The van der Waals surface area contributed by atoms with E-state index in [4.69, 9.17) is 18.0 Å². The van der Waals surface area contributed by atoms with Crippen molar-refractivity contribution in [2.45, 2.75) is 19.1 Å². The first-order chi connectivity index (χ1) is 10.1. The van der Waals surface area contributed by atoms with Crippen LogP contribution in [0.2, 0.25) is 6.04 Å². The fourth-order valence-electron chi connectivity index (χ4n) is 1.85. The third-order valence-corrected chi connectivity index (χ3v) is 5.85. The van der Waals surface area contributed by atoms with E-state index < -0.39 is 20.9 Å². The lowest BCUT2D eigenvalue weighted by Crippen LogP contribution is -2.44. The summed E-state index contributed by atoms with van der Waals surface area (Å²) in [6.07, 6.45) is 0.681. The van der Waals surface area contributed by atoms with Gasteiger partial charge in [0.2, 0.25) is 0 Å². The zero-order valence-electron chi connectivity index (χ0n) is 12.7. The molecule has 0 bridgehead atoms. The van der Waals surface area contributed by atoms with Gasteiger partial charge in [0.15, 0.2) is 0 Å². The number of esters is 1. The third kappa shape index (κ3) is 5.09. The van der Waals surface area contributed by atoms with E-state index in [1.165, 1.54) is 0 Å². The van der Waals surface area contributed by atoms with Gasteiger partial charge in [0.1, 0.15) is 12.7 Å². The van der Waals surface area contributed by atoms with Crippen molar-refractivity contribution in [3.8, 4) is 0 Å². The SMILES string of the molecule is C=CC(=O)OCC(O[Si](CC)(OC)OC)c1ccccc1. The fraction of sp³-hybridized carbons (Fsp3) is 0.400. The molecule has 0 radical (unpaired) electrons. The van der Waals surface area contributed by atoms with Gasteiger partial charge in [-0.2, -0.15) is 0 Å². The summed E-state index contributed by atoms with van der Waals surface area (Å²) in [7, 11) is 0.370. The number of carbonyl (C=O) groups excluding carboxylic acids is 1. The number of hydrogen-bond donors (Lipinski definition) is 0. The smallest absolute Gasteiger partial charge is 0.459 e. The lowest BCUT2D eigenvalue weighted by Gasteiger charge is -2.30.